The van der Waals surface area contributed by atoms with Crippen LogP contribution >= 0.6 is 24.0 Å². The van der Waals surface area contributed by atoms with Gasteiger partial charge in [0.25, 0.3) is 0 Å². The summed E-state index contributed by atoms with van der Waals surface area (Å²) < 4.78 is 0. The van der Waals surface area contributed by atoms with E-state index >= 15 is 0 Å². The minimum absolute atomic E-state index is 0. The average Bonchev–Trinajstić information content (AvgIpc) is 2.52. The Hall–Kier alpha value is -1.05. The minimum atomic E-state index is 0. The molecule has 0 atom stereocenters. The lowest BCUT2D eigenvalue weighted by atomic mass is 9.96. The molecular weight excluding hydrogens is 389 g/mol. The number of anilines is 1. The number of hydrogen-bond donors (Lipinski definition) is 2. The molecule has 22 heavy (non-hydrogen) atoms. The van der Waals surface area contributed by atoms with Crippen LogP contribution in [0.25, 0.3) is 0 Å². The standard InChI is InChI=1S/C16H27N5.HI/c1-17-16(20-14-9-5-4-6-10-14)19-12-13-8-7-11-18-15(13)21(2)3;/h7-8,11,14H,4-6,9-10,12H2,1-3H3,(H2,17,19,20);1H. The van der Waals surface area contributed by atoms with Crippen LogP contribution in [0.2, 0.25) is 0 Å². The van der Waals surface area contributed by atoms with E-state index in [-0.39, 0.29) is 24.0 Å². The zero-order valence-corrected chi connectivity index (χ0v) is 16.1. The second-order valence-corrected chi connectivity index (χ2v) is 5.79. The van der Waals surface area contributed by atoms with Gasteiger partial charge in [-0.2, -0.15) is 0 Å². The van der Waals surface area contributed by atoms with Crippen molar-refractivity contribution in [3.05, 3.63) is 23.9 Å². The molecule has 6 heteroatoms. The highest BCUT2D eigenvalue weighted by Gasteiger charge is 2.14. The maximum atomic E-state index is 4.42. The Labute approximate surface area is 151 Å². The molecule has 1 heterocycles. The van der Waals surface area contributed by atoms with Crippen molar-refractivity contribution in [2.75, 3.05) is 26.0 Å². The maximum Gasteiger partial charge on any atom is 0.191 e. The van der Waals surface area contributed by atoms with Gasteiger partial charge in [-0.05, 0) is 18.9 Å². The van der Waals surface area contributed by atoms with Crippen molar-refractivity contribution in [1.82, 2.24) is 15.6 Å². The van der Waals surface area contributed by atoms with Gasteiger partial charge in [-0.15, -0.1) is 24.0 Å². The highest BCUT2D eigenvalue weighted by Crippen LogP contribution is 2.17. The van der Waals surface area contributed by atoms with E-state index in [0.717, 1.165) is 18.3 Å². The summed E-state index contributed by atoms with van der Waals surface area (Å²) >= 11 is 0. The Bertz CT molecular complexity index is 469. The molecule has 1 aliphatic carbocycles. The van der Waals surface area contributed by atoms with Crippen molar-refractivity contribution < 1.29 is 0 Å². The second kappa shape index (κ2) is 9.86. The minimum Gasteiger partial charge on any atom is -0.362 e. The molecule has 1 fully saturated rings. The molecule has 0 spiro atoms. The summed E-state index contributed by atoms with van der Waals surface area (Å²) in [7, 11) is 5.86. The summed E-state index contributed by atoms with van der Waals surface area (Å²) in [5, 5.41) is 6.93. The van der Waals surface area contributed by atoms with Crippen LogP contribution in [0.4, 0.5) is 5.82 Å². The molecule has 2 N–H and O–H groups in total. The Morgan fingerprint density at radius 3 is 2.68 bits per heavy atom. The van der Waals surface area contributed by atoms with Crippen LogP contribution in [-0.2, 0) is 6.54 Å². The number of guanidine groups is 1. The van der Waals surface area contributed by atoms with Gasteiger partial charge in [0.05, 0.1) is 0 Å². The first-order valence-electron chi connectivity index (χ1n) is 7.79. The molecule has 1 aromatic heterocycles. The van der Waals surface area contributed by atoms with Gasteiger partial charge in [-0.3, -0.25) is 4.99 Å². The van der Waals surface area contributed by atoms with Gasteiger partial charge in [0.1, 0.15) is 5.82 Å². The van der Waals surface area contributed by atoms with Crippen molar-refractivity contribution in [2.24, 2.45) is 4.99 Å². The molecule has 5 nitrogen and oxygen atoms in total. The number of aromatic nitrogens is 1. The molecule has 1 aliphatic rings. The topological polar surface area (TPSA) is 52.6 Å². The third kappa shape index (κ3) is 5.62. The third-order valence-electron chi connectivity index (χ3n) is 3.91. The lowest BCUT2D eigenvalue weighted by Crippen LogP contribution is -2.44. The van der Waals surface area contributed by atoms with Crippen LogP contribution in [0.15, 0.2) is 23.3 Å². The van der Waals surface area contributed by atoms with E-state index in [1.54, 1.807) is 0 Å². The summed E-state index contributed by atoms with van der Waals surface area (Å²) in [6.07, 6.45) is 8.33. The summed E-state index contributed by atoms with van der Waals surface area (Å²) in [5.41, 5.74) is 1.18. The number of halogens is 1. The molecule has 0 unspecified atom stereocenters. The summed E-state index contributed by atoms with van der Waals surface area (Å²) in [6.45, 7) is 0.730. The zero-order valence-electron chi connectivity index (χ0n) is 13.8. The average molecular weight is 417 g/mol. The predicted molar refractivity (Wildman–Crippen MR) is 104 cm³/mol. The van der Waals surface area contributed by atoms with Crippen LogP contribution in [0.3, 0.4) is 0 Å². The van der Waals surface area contributed by atoms with E-state index in [4.69, 9.17) is 0 Å². The van der Waals surface area contributed by atoms with Gasteiger partial charge in [0.2, 0.25) is 0 Å². The second-order valence-electron chi connectivity index (χ2n) is 5.79. The van der Waals surface area contributed by atoms with Gasteiger partial charge in [-0.1, -0.05) is 25.3 Å². The monoisotopic (exact) mass is 417 g/mol. The molecule has 2 rings (SSSR count). The zero-order chi connectivity index (χ0) is 15.1. The molecule has 1 saturated carbocycles. The Morgan fingerprint density at radius 1 is 1.32 bits per heavy atom. The normalized spacial score (nSPS) is 15.9. The van der Waals surface area contributed by atoms with Crippen LogP contribution in [0.1, 0.15) is 37.7 Å². The summed E-state index contributed by atoms with van der Waals surface area (Å²) in [5.74, 6) is 1.88. The molecular formula is C16H28IN5. The van der Waals surface area contributed by atoms with Crippen molar-refractivity contribution in [1.29, 1.82) is 0 Å². The van der Waals surface area contributed by atoms with Crippen molar-refractivity contribution in [2.45, 2.75) is 44.7 Å². The van der Waals surface area contributed by atoms with Gasteiger partial charge < -0.3 is 15.5 Å². The fourth-order valence-corrected chi connectivity index (χ4v) is 2.78. The summed E-state index contributed by atoms with van der Waals surface area (Å²) in [4.78, 5) is 10.8. The fraction of sp³-hybridized carbons (Fsp3) is 0.625. The maximum absolute atomic E-state index is 4.42. The Morgan fingerprint density at radius 2 is 2.05 bits per heavy atom. The Kier molecular flexibility index (Phi) is 8.52. The molecule has 1 aromatic rings. The van der Waals surface area contributed by atoms with Gasteiger partial charge in [0, 0.05) is 45.5 Å². The SMILES string of the molecule is CN=C(NCc1cccnc1N(C)C)NC1CCCCC1.I. The molecule has 0 amide bonds. The Balaban J connectivity index is 0.00000242. The van der Waals surface area contributed by atoms with E-state index in [0.29, 0.717) is 6.04 Å². The van der Waals surface area contributed by atoms with E-state index in [1.165, 1.54) is 37.7 Å². The first kappa shape index (κ1) is 19.0. The van der Waals surface area contributed by atoms with Crippen LogP contribution in [0, 0.1) is 0 Å². The first-order chi connectivity index (χ1) is 10.2. The van der Waals surface area contributed by atoms with E-state index < -0.39 is 0 Å². The number of aliphatic imine (C=N–C) groups is 1. The van der Waals surface area contributed by atoms with E-state index in [1.807, 2.05) is 38.3 Å². The number of nitrogens with zero attached hydrogens (tertiary/aromatic N) is 3. The highest BCUT2D eigenvalue weighted by molar-refractivity contribution is 14.0. The lowest BCUT2D eigenvalue weighted by molar-refractivity contribution is 0.410. The largest absolute Gasteiger partial charge is 0.362 e. The predicted octanol–water partition coefficient (Wildman–Crippen LogP) is 2.76. The number of rotatable bonds is 4. The fourth-order valence-electron chi connectivity index (χ4n) is 2.78. The third-order valence-corrected chi connectivity index (χ3v) is 3.91. The van der Waals surface area contributed by atoms with Crippen molar-refractivity contribution >= 4 is 35.8 Å². The number of nitrogens with one attached hydrogen (secondary N) is 2. The highest BCUT2D eigenvalue weighted by atomic mass is 127. The number of hydrogen-bond acceptors (Lipinski definition) is 3. The van der Waals surface area contributed by atoms with E-state index in [9.17, 15) is 0 Å². The van der Waals surface area contributed by atoms with Gasteiger partial charge in [-0.25, -0.2) is 4.98 Å². The van der Waals surface area contributed by atoms with Crippen molar-refractivity contribution in [3.8, 4) is 0 Å². The van der Waals surface area contributed by atoms with Crippen LogP contribution in [-0.4, -0.2) is 38.1 Å². The van der Waals surface area contributed by atoms with E-state index in [2.05, 4.69) is 26.7 Å². The molecule has 0 radical (unpaired) electrons. The molecule has 0 bridgehead atoms. The van der Waals surface area contributed by atoms with Gasteiger partial charge >= 0.3 is 0 Å². The summed E-state index contributed by atoms with van der Waals surface area (Å²) in [6, 6.07) is 4.64. The molecule has 0 aromatic carbocycles. The number of pyridine rings is 1. The lowest BCUT2D eigenvalue weighted by Gasteiger charge is -2.25. The van der Waals surface area contributed by atoms with Crippen LogP contribution in [0.5, 0.6) is 0 Å². The first-order valence-corrected chi connectivity index (χ1v) is 7.79. The van der Waals surface area contributed by atoms with Crippen LogP contribution < -0.4 is 15.5 Å². The smallest absolute Gasteiger partial charge is 0.191 e. The molecule has 0 aliphatic heterocycles. The molecule has 124 valence electrons. The van der Waals surface area contributed by atoms with Gasteiger partial charge in [0.15, 0.2) is 5.96 Å². The van der Waals surface area contributed by atoms with Crippen molar-refractivity contribution in [3.63, 3.8) is 0 Å². The molecule has 0 saturated heterocycles. The quantitative estimate of drug-likeness (QED) is 0.450.